The molecule has 0 saturated heterocycles. The maximum Gasteiger partial charge on any atom is 0.131 e. The fraction of sp³-hybridized carbons (Fsp3) is 0.231. The summed E-state index contributed by atoms with van der Waals surface area (Å²) in [6.45, 7) is 2.58. The lowest BCUT2D eigenvalue weighted by Gasteiger charge is -2.07. The molecule has 0 fully saturated rings. The van der Waals surface area contributed by atoms with Gasteiger partial charge in [-0.15, -0.1) is 0 Å². The van der Waals surface area contributed by atoms with Crippen molar-refractivity contribution >= 4 is 21.7 Å². The maximum absolute atomic E-state index is 5.12. The zero-order valence-electron chi connectivity index (χ0n) is 10.3. The summed E-state index contributed by atoms with van der Waals surface area (Å²) in [6, 6.07) is 9.79. The molecule has 1 aromatic heterocycles. The highest BCUT2D eigenvalue weighted by molar-refractivity contribution is 9.10. The first-order valence-electron chi connectivity index (χ1n) is 5.55. The van der Waals surface area contributed by atoms with E-state index < -0.39 is 0 Å². The standard InChI is InChI=1S/C13H14BrN3O/c1-9-16-12(14)7-13(17-9)15-8-10-3-5-11(18-2)6-4-10/h3-7H,8H2,1-2H3,(H,15,16,17). The van der Waals surface area contributed by atoms with Gasteiger partial charge < -0.3 is 10.1 Å². The second-order valence-electron chi connectivity index (χ2n) is 3.82. The molecular weight excluding hydrogens is 294 g/mol. The van der Waals surface area contributed by atoms with Crippen LogP contribution < -0.4 is 10.1 Å². The Balaban J connectivity index is 2.01. The molecule has 2 rings (SSSR count). The number of nitrogens with zero attached hydrogens (tertiary/aromatic N) is 2. The maximum atomic E-state index is 5.12. The number of hydrogen-bond acceptors (Lipinski definition) is 4. The van der Waals surface area contributed by atoms with E-state index in [-0.39, 0.29) is 0 Å². The first-order valence-corrected chi connectivity index (χ1v) is 6.34. The molecule has 0 bridgehead atoms. The third kappa shape index (κ3) is 3.43. The fourth-order valence-corrected chi connectivity index (χ4v) is 2.03. The predicted octanol–water partition coefficient (Wildman–Crippen LogP) is 3.17. The van der Waals surface area contributed by atoms with Crippen LogP contribution in [-0.2, 0) is 6.54 Å². The number of rotatable bonds is 4. The smallest absolute Gasteiger partial charge is 0.131 e. The quantitative estimate of drug-likeness (QED) is 0.881. The molecule has 1 aromatic carbocycles. The van der Waals surface area contributed by atoms with Crippen molar-refractivity contribution in [1.29, 1.82) is 0 Å². The Morgan fingerprint density at radius 1 is 1.22 bits per heavy atom. The van der Waals surface area contributed by atoms with E-state index in [0.29, 0.717) is 6.54 Å². The van der Waals surface area contributed by atoms with Crippen LogP contribution in [0.1, 0.15) is 11.4 Å². The first kappa shape index (κ1) is 12.8. The van der Waals surface area contributed by atoms with Gasteiger partial charge in [0.25, 0.3) is 0 Å². The van der Waals surface area contributed by atoms with Crippen molar-refractivity contribution < 1.29 is 4.74 Å². The van der Waals surface area contributed by atoms with Gasteiger partial charge in [-0.2, -0.15) is 0 Å². The van der Waals surface area contributed by atoms with Gasteiger partial charge in [0.1, 0.15) is 22.0 Å². The number of aromatic nitrogens is 2. The van der Waals surface area contributed by atoms with Crippen molar-refractivity contribution in [1.82, 2.24) is 9.97 Å². The number of benzene rings is 1. The Morgan fingerprint density at radius 3 is 2.56 bits per heavy atom. The summed E-state index contributed by atoms with van der Waals surface area (Å²) in [5.74, 6) is 2.41. The van der Waals surface area contributed by atoms with Crippen LogP contribution in [0.25, 0.3) is 0 Å². The Hall–Kier alpha value is -1.62. The first-order chi connectivity index (χ1) is 8.67. The average molecular weight is 308 g/mol. The van der Waals surface area contributed by atoms with Crippen molar-refractivity contribution in [3.8, 4) is 5.75 Å². The van der Waals surface area contributed by atoms with E-state index in [1.165, 1.54) is 5.56 Å². The molecule has 0 amide bonds. The molecule has 0 spiro atoms. The Bertz CT molecular complexity index is 508. The fourth-order valence-electron chi connectivity index (χ4n) is 1.56. The van der Waals surface area contributed by atoms with Crippen LogP contribution in [0, 0.1) is 6.92 Å². The Morgan fingerprint density at radius 2 is 1.94 bits per heavy atom. The van der Waals surface area contributed by atoms with Crippen molar-refractivity contribution in [2.45, 2.75) is 13.5 Å². The van der Waals surface area contributed by atoms with E-state index in [1.54, 1.807) is 7.11 Å². The largest absolute Gasteiger partial charge is 0.497 e. The number of hydrogen-bond donors (Lipinski definition) is 1. The van der Waals surface area contributed by atoms with Gasteiger partial charge in [-0.25, -0.2) is 9.97 Å². The van der Waals surface area contributed by atoms with E-state index in [2.05, 4.69) is 31.2 Å². The van der Waals surface area contributed by atoms with Crippen LogP contribution in [0.15, 0.2) is 34.9 Å². The normalized spacial score (nSPS) is 10.2. The minimum absolute atomic E-state index is 0.715. The molecule has 1 N–H and O–H groups in total. The molecule has 4 nitrogen and oxygen atoms in total. The van der Waals surface area contributed by atoms with Crippen LogP contribution in [0.5, 0.6) is 5.75 Å². The molecule has 0 saturated carbocycles. The van der Waals surface area contributed by atoms with Gasteiger partial charge in [0.15, 0.2) is 0 Å². The van der Waals surface area contributed by atoms with Crippen LogP contribution in [-0.4, -0.2) is 17.1 Å². The highest BCUT2D eigenvalue weighted by atomic mass is 79.9. The lowest BCUT2D eigenvalue weighted by molar-refractivity contribution is 0.414. The topological polar surface area (TPSA) is 47.0 Å². The third-order valence-corrected chi connectivity index (χ3v) is 2.85. The average Bonchev–Trinajstić information content (AvgIpc) is 2.36. The van der Waals surface area contributed by atoms with E-state index in [0.717, 1.165) is 22.0 Å². The summed E-state index contributed by atoms with van der Waals surface area (Å²) in [5.41, 5.74) is 1.17. The van der Waals surface area contributed by atoms with E-state index in [9.17, 15) is 0 Å². The summed E-state index contributed by atoms with van der Waals surface area (Å²) < 4.78 is 5.90. The molecule has 2 aromatic rings. The molecule has 0 atom stereocenters. The highest BCUT2D eigenvalue weighted by Crippen LogP contribution is 2.15. The SMILES string of the molecule is COc1ccc(CNc2cc(Br)nc(C)n2)cc1. The second-order valence-corrected chi connectivity index (χ2v) is 4.64. The Labute approximate surface area is 115 Å². The number of halogens is 1. The molecule has 0 aliphatic rings. The van der Waals surface area contributed by atoms with Gasteiger partial charge in [-0.05, 0) is 40.5 Å². The molecule has 0 aliphatic carbocycles. The molecular formula is C13H14BrN3O. The van der Waals surface area contributed by atoms with Crippen molar-refractivity contribution in [2.75, 3.05) is 12.4 Å². The molecule has 0 unspecified atom stereocenters. The number of aryl methyl sites for hydroxylation is 1. The van der Waals surface area contributed by atoms with E-state index in [4.69, 9.17) is 4.74 Å². The van der Waals surface area contributed by atoms with Crippen molar-refractivity contribution in [3.05, 3.63) is 46.3 Å². The summed E-state index contributed by atoms with van der Waals surface area (Å²) in [6.07, 6.45) is 0. The van der Waals surface area contributed by atoms with E-state index >= 15 is 0 Å². The minimum atomic E-state index is 0.715. The lowest BCUT2D eigenvalue weighted by Crippen LogP contribution is -2.03. The van der Waals surface area contributed by atoms with Gasteiger partial charge in [0, 0.05) is 12.6 Å². The van der Waals surface area contributed by atoms with Gasteiger partial charge in [0.05, 0.1) is 7.11 Å². The van der Waals surface area contributed by atoms with Crippen LogP contribution in [0.4, 0.5) is 5.82 Å². The van der Waals surface area contributed by atoms with Gasteiger partial charge in [0.2, 0.25) is 0 Å². The number of methoxy groups -OCH3 is 1. The lowest BCUT2D eigenvalue weighted by atomic mass is 10.2. The minimum Gasteiger partial charge on any atom is -0.497 e. The Kier molecular flexibility index (Phi) is 4.15. The number of ether oxygens (including phenoxy) is 1. The molecule has 5 heteroatoms. The van der Waals surface area contributed by atoms with E-state index in [1.807, 2.05) is 37.3 Å². The van der Waals surface area contributed by atoms with Gasteiger partial charge in [-0.1, -0.05) is 12.1 Å². The zero-order chi connectivity index (χ0) is 13.0. The summed E-state index contributed by atoms with van der Waals surface area (Å²) in [7, 11) is 1.66. The zero-order valence-corrected chi connectivity index (χ0v) is 11.9. The number of nitrogens with one attached hydrogen (secondary N) is 1. The highest BCUT2D eigenvalue weighted by Gasteiger charge is 2.00. The second kappa shape index (κ2) is 5.82. The number of anilines is 1. The molecule has 1 heterocycles. The van der Waals surface area contributed by atoms with Crippen molar-refractivity contribution in [2.24, 2.45) is 0 Å². The predicted molar refractivity (Wildman–Crippen MR) is 74.8 cm³/mol. The summed E-state index contributed by atoms with van der Waals surface area (Å²) >= 11 is 3.35. The van der Waals surface area contributed by atoms with Gasteiger partial charge in [-0.3, -0.25) is 0 Å². The van der Waals surface area contributed by atoms with Crippen LogP contribution >= 0.6 is 15.9 Å². The monoisotopic (exact) mass is 307 g/mol. The summed E-state index contributed by atoms with van der Waals surface area (Å²) in [4.78, 5) is 8.47. The van der Waals surface area contributed by atoms with Crippen LogP contribution in [0.3, 0.4) is 0 Å². The third-order valence-electron chi connectivity index (χ3n) is 2.44. The molecule has 94 valence electrons. The molecule has 0 aliphatic heterocycles. The van der Waals surface area contributed by atoms with Gasteiger partial charge >= 0.3 is 0 Å². The molecule has 0 radical (unpaired) electrons. The molecule has 18 heavy (non-hydrogen) atoms. The summed E-state index contributed by atoms with van der Waals surface area (Å²) in [5, 5.41) is 3.26. The van der Waals surface area contributed by atoms with Crippen LogP contribution in [0.2, 0.25) is 0 Å². The van der Waals surface area contributed by atoms with Crippen molar-refractivity contribution in [3.63, 3.8) is 0 Å².